The first-order valence-corrected chi connectivity index (χ1v) is 9.77. The molecule has 4 nitrogen and oxygen atoms in total. The van der Waals surface area contributed by atoms with Crippen molar-refractivity contribution in [2.24, 2.45) is 0 Å². The summed E-state index contributed by atoms with van der Waals surface area (Å²) in [4.78, 5) is 27.0. The first-order valence-electron chi connectivity index (χ1n) is 9.40. The molecule has 1 aliphatic rings. The van der Waals surface area contributed by atoms with E-state index in [0.717, 1.165) is 18.4 Å². The maximum absolute atomic E-state index is 12.8. The van der Waals surface area contributed by atoms with Crippen molar-refractivity contribution in [1.29, 1.82) is 0 Å². The molecule has 0 saturated heterocycles. The van der Waals surface area contributed by atoms with Crippen molar-refractivity contribution < 1.29 is 9.59 Å². The Morgan fingerprint density at radius 3 is 2.48 bits per heavy atom. The summed E-state index contributed by atoms with van der Waals surface area (Å²) >= 11 is 6.26. The molecule has 5 heteroatoms. The van der Waals surface area contributed by atoms with E-state index in [1.165, 1.54) is 19.3 Å². The van der Waals surface area contributed by atoms with Crippen molar-refractivity contribution >= 4 is 23.4 Å². The van der Waals surface area contributed by atoms with Gasteiger partial charge in [0.25, 0.3) is 0 Å². The maximum Gasteiger partial charge on any atom is 0.243 e. The molecule has 1 aromatic carbocycles. The van der Waals surface area contributed by atoms with E-state index in [-0.39, 0.29) is 17.9 Å². The van der Waals surface area contributed by atoms with Gasteiger partial charge in [-0.15, -0.1) is 0 Å². The highest BCUT2D eigenvalue weighted by Gasteiger charge is 2.29. The van der Waals surface area contributed by atoms with Crippen LogP contribution in [0.1, 0.15) is 64.4 Å². The van der Waals surface area contributed by atoms with Gasteiger partial charge in [-0.2, -0.15) is 0 Å². The summed E-state index contributed by atoms with van der Waals surface area (Å²) in [5.74, 6) is -0.0613. The minimum atomic E-state index is -0.453. The Labute approximate surface area is 155 Å². The maximum atomic E-state index is 12.8. The summed E-state index contributed by atoms with van der Waals surface area (Å²) in [7, 11) is 0. The summed E-state index contributed by atoms with van der Waals surface area (Å²) in [6, 6.07) is 7.28. The Balaban J connectivity index is 2.13. The van der Waals surface area contributed by atoms with Gasteiger partial charge in [0.1, 0.15) is 6.04 Å². The van der Waals surface area contributed by atoms with Crippen LogP contribution >= 0.6 is 11.6 Å². The van der Waals surface area contributed by atoms with Gasteiger partial charge in [0.05, 0.1) is 0 Å². The zero-order valence-corrected chi connectivity index (χ0v) is 16.0. The van der Waals surface area contributed by atoms with Gasteiger partial charge < -0.3 is 10.2 Å². The minimum Gasteiger partial charge on any atom is -0.352 e. The van der Waals surface area contributed by atoms with Crippen LogP contribution in [0.5, 0.6) is 0 Å². The molecule has 2 rings (SSSR count). The van der Waals surface area contributed by atoms with Gasteiger partial charge in [-0.1, -0.05) is 62.9 Å². The number of carbonyl (C=O) groups excluding carboxylic acids is 2. The van der Waals surface area contributed by atoms with E-state index in [1.807, 2.05) is 38.1 Å². The molecule has 0 radical (unpaired) electrons. The lowest BCUT2D eigenvalue weighted by atomic mass is 9.95. The van der Waals surface area contributed by atoms with Crippen molar-refractivity contribution in [1.82, 2.24) is 10.2 Å². The number of rotatable bonds is 7. The standard InChI is InChI=1S/C20H29ClN2O2/c1-3-18(20(25)22-16-11-6-5-7-12-16)23(19(24)4-2)14-15-10-8-9-13-17(15)21/h8-10,13,16,18H,3-7,11-12,14H2,1-2H3,(H,22,25)/t18-/m0/s1. The summed E-state index contributed by atoms with van der Waals surface area (Å²) in [5.41, 5.74) is 0.870. The molecule has 0 bridgehead atoms. The Morgan fingerprint density at radius 1 is 1.20 bits per heavy atom. The van der Waals surface area contributed by atoms with Gasteiger partial charge in [0, 0.05) is 24.0 Å². The van der Waals surface area contributed by atoms with Crippen LogP contribution in [0.3, 0.4) is 0 Å². The van der Waals surface area contributed by atoms with Crippen LogP contribution < -0.4 is 5.32 Å². The average molecular weight is 365 g/mol. The quantitative estimate of drug-likeness (QED) is 0.783. The molecular weight excluding hydrogens is 336 g/mol. The monoisotopic (exact) mass is 364 g/mol. The van der Waals surface area contributed by atoms with Gasteiger partial charge in [-0.3, -0.25) is 9.59 Å². The van der Waals surface area contributed by atoms with Crippen molar-refractivity contribution in [2.45, 2.75) is 77.4 Å². The SMILES string of the molecule is CCC(=O)N(Cc1ccccc1Cl)[C@@H](CC)C(=O)NC1CCCCC1. The van der Waals surface area contributed by atoms with Crippen LogP contribution in [0.25, 0.3) is 0 Å². The summed E-state index contributed by atoms with van der Waals surface area (Å²) < 4.78 is 0. The number of nitrogens with zero attached hydrogens (tertiary/aromatic N) is 1. The second-order valence-electron chi connectivity index (χ2n) is 6.73. The van der Waals surface area contributed by atoms with Crippen LogP contribution in [-0.2, 0) is 16.1 Å². The third-order valence-electron chi connectivity index (χ3n) is 4.94. The molecule has 1 aromatic rings. The minimum absolute atomic E-state index is 0.0226. The number of hydrogen-bond donors (Lipinski definition) is 1. The molecule has 25 heavy (non-hydrogen) atoms. The lowest BCUT2D eigenvalue weighted by Crippen LogP contribution is -2.51. The highest BCUT2D eigenvalue weighted by atomic mass is 35.5. The molecule has 0 spiro atoms. The predicted octanol–water partition coefficient (Wildman–Crippen LogP) is 4.31. The molecule has 0 aliphatic heterocycles. The third-order valence-corrected chi connectivity index (χ3v) is 5.31. The third kappa shape index (κ3) is 5.46. The molecule has 2 amide bonds. The number of hydrogen-bond acceptors (Lipinski definition) is 2. The lowest BCUT2D eigenvalue weighted by Gasteiger charge is -2.32. The number of benzene rings is 1. The Bertz CT molecular complexity index is 585. The molecule has 0 unspecified atom stereocenters. The fourth-order valence-electron chi connectivity index (χ4n) is 3.48. The summed E-state index contributed by atoms with van der Waals surface area (Å²) in [6.07, 6.45) is 6.61. The number of carbonyl (C=O) groups is 2. The van der Waals surface area contributed by atoms with E-state index in [1.54, 1.807) is 4.90 Å². The first kappa shape index (κ1) is 19.8. The Morgan fingerprint density at radius 2 is 1.88 bits per heavy atom. The highest BCUT2D eigenvalue weighted by molar-refractivity contribution is 6.31. The van der Waals surface area contributed by atoms with E-state index in [9.17, 15) is 9.59 Å². The molecule has 0 aromatic heterocycles. The van der Waals surface area contributed by atoms with Gasteiger partial charge >= 0.3 is 0 Å². The molecule has 1 aliphatic carbocycles. The van der Waals surface area contributed by atoms with Crippen LogP contribution in [0, 0.1) is 0 Å². The molecule has 0 heterocycles. The van der Waals surface area contributed by atoms with E-state index < -0.39 is 6.04 Å². The predicted molar refractivity (Wildman–Crippen MR) is 101 cm³/mol. The Hall–Kier alpha value is -1.55. The van der Waals surface area contributed by atoms with Crippen LogP contribution in [0.4, 0.5) is 0 Å². The number of nitrogens with one attached hydrogen (secondary N) is 1. The summed E-state index contributed by atoms with van der Waals surface area (Å²) in [6.45, 7) is 4.14. The van der Waals surface area contributed by atoms with Crippen molar-refractivity contribution in [3.05, 3.63) is 34.9 Å². The second kappa shape index (κ2) is 9.81. The van der Waals surface area contributed by atoms with Crippen LogP contribution in [0.2, 0.25) is 5.02 Å². The first-order chi connectivity index (χ1) is 12.1. The van der Waals surface area contributed by atoms with E-state index in [2.05, 4.69) is 5.32 Å². The lowest BCUT2D eigenvalue weighted by molar-refractivity contribution is -0.141. The fraction of sp³-hybridized carbons (Fsp3) is 0.600. The molecular formula is C20H29ClN2O2. The topological polar surface area (TPSA) is 49.4 Å². The molecule has 1 fully saturated rings. The zero-order chi connectivity index (χ0) is 18.2. The van der Waals surface area contributed by atoms with Gasteiger partial charge in [-0.25, -0.2) is 0 Å². The largest absolute Gasteiger partial charge is 0.352 e. The van der Waals surface area contributed by atoms with E-state index in [4.69, 9.17) is 11.6 Å². The normalized spacial score (nSPS) is 16.3. The van der Waals surface area contributed by atoms with Crippen molar-refractivity contribution in [2.75, 3.05) is 0 Å². The van der Waals surface area contributed by atoms with Gasteiger partial charge in [0.2, 0.25) is 11.8 Å². The van der Waals surface area contributed by atoms with Crippen molar-refractivity contribution in [3.63, 3.8) is 0 Å². The average Bonchev–Trinajstić information content (AvgIpc) is 2.63. The van der Waals surface area contributed by atoms with Crippen molar-refractivity contribution in [3.8, 4) is 0 Å². The molecule has 1 saturated carbocycles. The van der Waals surface area contributed by atoms with E-state index >= 15 is 0 Å². The number of halogens is 1. The van der Waals surface area contributed by atoms with Gasteiger partial charge in [-0.05, 0) is 30.9 Å². The molecule has 1 N–H and O–H groups in total. The zero-order valence-electron chi connectivity index (χ0n) is 15.3. The number of amides is 2. The Kier molecular flexibility index (Phi) is 7.76. The fourth-order valence-corrected chi connectivity index (χ4v) is 3.67. The molecule has 138 valence electrons. The van der Waals surface area contributed by atoms with E-state index in [0.29, 0.717) is 24.4 Å². The van der Waals surface area contributed by atoms with Crippen LogP contribution in [-0.4, -0.2) is 28.8 Å². The molecule has 1 atom stereocenters. The highest BCUT2D eigenvalue weighted by Crippen LogP contribution is 2.21. The smallest absolute Gasteiger partial charge is 0.243 e. The second-order valence-corrected chi connectivity index (χ2v) is 7.14. The van der Waals surface area contributed by atoms with Gasteiger partial charge in [0.15, 0.2) is 0 Å². The van der Waals surface area contributed by atoms with Crippen LogP contribution in [0.15, 0.2) is 24.3 Å². The summed E-state index contributed by atoms with van der Waals surface area (Å²) in [5, 5.41) is 3.79.